The molecular formula is C33H49N3O4. The lowest BCUT2D eigenvalue weighted by Crippen LogP contribution is -2.54. The van der Waals surface area contributed by atoms with Crippen LogP contribution in [0.3, 0.4) is 0 Å². The SMILES string of the molecule is CCCCCN(C(=O)C(Cc1ccccc1)NC(=O)OC(C)(C)C)C(C(=O)NC(C)CCC)c1ccc(C)cc1. The second-order valence-electron chi connectivity index (χ2n) is 11.6. The molecule has 0 heterocycles. The Morgan fingerprint density at radius 2 is 1.55 bits per heavy atom. The Kier molecular flexibility index (Phi) is 13.2. The van der Waals surface area contributed by atoms with Crippen LogP contribution in [0.2, 0.25) is 0 Å². The van der Waals surface area contributed by atoms with Crippen LogP contribution in [0.4, 0.5) is 4.79 Å². The Labute approximate surface area is 241 Å². The number of hydrogen-bond donors (Lipinski definition) is 2. The number of rotatable bonds is 14. The summed E-state index contributed by atoms with van der Waals surface area (Å²) in [6.07, 6.45) is 4.02. The molecule has 2 N–H and O–H groups in total. The largest absolute Gasteiger partial charge is 0.444 e. The molecule has 0 spiro atoms. The molecule has 0 radical (unpaired) electrons. The predicted octanol–water partition coefficient (Wildman–Crippen LogP) is 6.50. The zero-order valence-corrected chi connectivity index (χ0v) is 25.5. The van der Waals surface area contributed by atoms with Gasteiger partial charge in [0.25, 0.3) is 0 Å². The van der Waals surface area contributed by atoms with Crippen LogP contribution < -0.4 is 10.6 Å². The summed E-state index contributed by atoms with van der Waals surface area (Å²) >= 11 is 0. The van der Waals surface area contributed by atoms with Gasteiger partial charge >= 0.3 is 6.09 Å². The fourth-order valence-corrected chi connectivity index (χ4v) is 4.65. The summed E-state index contributed by atoms with van der Waals surface area (Å²) in [7, 11) is 0. The molecule has 3 unspecified atom stereocenters. The van der Waals surface area contributed by atoms with E-state index in [2.05, 4.69) is 24.5 Å². The number of benzene rings is 2. The Bertz CT molecular complexity index is 1060. The molecule has 0 aliphatic rings. The normalized spacial score (nSPS) is 13.6. The number of carbonyl (C=O) groups excluding carboxylic acids is 3. The van der Waals surface area contributed by atoms with Crippen LogP contribution in [-0.4, -0.2) is 47.0 Å². The third kappa shape index (κ3) is 11.0. The fourth-order valence-electron chi connectivity index (χ4n) is 4.65. The van der Waals surface area contributed by atoms with Gasteiger partial charge in [-0.05, 0) is 58.6 Å². The molecular weight excluding hydrogens is 502 g/mol. The lowest BCUT2D eigenvalue weighted by atomic mass is 9.98. The summed E-state index contributed by atoms with van der Waals surface area (Å²) in [6, 6.07) is 15.5. The second kappa shape index (κ2) is 16.0. The first-order valence-electron chi connectivity index (χ1n) is 14.7. The smallest absolute Gasteiger partial charge is 0.408 e. The predicted molar refractivity (Wildman–Crippen MR) is 161 cm³/mol. The summed E-state index contributed by atoms with van der Waals surface area (Å²) in [5.41, 5.74) is 2.00. The molecule has 7 nitrogen and oxygen atoms in total. The highest BCUT2D eigenvalue weighted by molar-refractivity contribution is 5.92. The zero-order valence-electron chi connectivity index (χ0n) is 25.5. The van der Waals surface area contributed by atoms with Gasteiger partial charge in [0.1, 0.15) is 17.7 Å². The highest BCUT2D eigenvalue weighted by Crippen LogP contribution is 2.25. The van der Waals surface area contributed by atoms with Crippen molar-refractivity contribution in [3.05, 3.63) is 71.3 Å². The molecule has 0 fully saturated rings. The van der Waals surface area contributed by atoms with Gasteiger partial charge in [-0.2, -0.15) is 0 Å². The van der Waals surface area contributed by atoms with Crippen molar-refractivity contribution in [2.45, 2.75) is 111 Å². The molecule has 0 saturated heterocycles. The molecule has 0 aromatic heterocycles. The number of ether oxygens (including phenoxy) is 1. The van der Waals surface area contributed by atoms with E-state index < -0.39 is 23.8 Å². The lowest BCUT2D eigenvalue weighted by molar-refractivity contribution is -0.142. The molecule has 2 aromatic carbocycles. The number of hydrogen-bond acceptors (Lipinski definition) is 4. The van der Waals surface area contributed by atoms with Crippen LogP contribution in [0, 0.1) is 6.92 Å². The van der Waals surface area contributed by atoms with E-state index in [0.29, 0.717) is 6.54 Å². The zero-order chi connectivity index (χ0) is 29.7. The molecule has 3 amide bonds. The number of aryl methyl sites for hydroxylation is 1. The number of carbonyl (C=O) groups is 3. The monoisotopic (exact) mass is 551 g/mol. The van der Waals surface area contributed by atoms with E-state index in [1.165, 1.54) is 0 Å². The molecule has 3 atom stereocenters. The van der Waals surface area contributed by atoms with Gasteiger partial charge in [-0.25, -0.2) is 4.79 Å². The standard InChI is InChI=1S/C33H49N3O4/c1-8-10-14-22-36(29(27-20-18-24(3)19-21-27)30(37)34-25(4)15-9-2)31(38)28(23-26-16-12-11-13-17-26)35-32(39)40-33(5,6)7/h11-13,16-21,25,28-29H,8-10,14-15,22-23H2,1-7H3,(H,34,37)(H,35,39). The van der Waals surface area contributed by atoms with Crippen molar-refractivity contribution >= 4 is 17.9 Å². The molecule has 0 aliphatic carbocycles. The van der Waals surface area contributed by atoms with E-state index in [4.69, 9.17) is 4.74 Å². The minimum absolute atomic E-state index is 0.0296. The third-order valence-electron chi connectivity index (χ3n) is 6.62. The lowest BCUT2D eigenvalue weighted by Gasteiger charge is -2.35. The van der Waals surface area contributed by atoms with Gasteiger partial charge in [0.15, 0.2) is 0 Å². The van der Waals surface area contributed by atoms with Crippen molar-refractivity contribution in [3.63, 3.8) is 0 Å². The molecule has 0 aliphatic heterocycles. The maximum Gasteiger partial charge on any atom is 0.408 e. The van der Waals surface area contributed by atoms with Crippen LogP contribution in [0.15, 0.2) is 54.6 Å². The van der Waals surface area contributed by atoms with Crippen LogP contribution in [-0.2, 0) is 20.7 Å². The first-order chi connectivity index (χ1) is 18.9. The van der Waals surface area contributed by atoms with Crippen molar-refractivity contribution in [2.24, 2.45) is 0 Å². The van der Waals surface area contributed by atoms with Crippen LogP contribution in [0.5, 0.6) is 0 Å². The Hall–Kier alpha value is -3.35. The molecule has 2 aromatic rings. The number of nitrogens with one attached hydrogen (secondary N) is 2. The number of unbranched alkanes of at least 4 members (excludes halogenated alkanes) is 2. The molecule has 0 bridgehead atoms. The average molecular weight is 552 g/mol. The minimum atomic E-state index is -0.910. The van der Waals surface area contributed by atoms with Crippen molar-refractivity contribution in [1.82, 2.24) is 15.5 Å². The van der Waals surface area contributed by atoms with Gasteiger partial charge in [0.2, 0.25) is 11.8 Å². The van der Waals surface area contributed by atoms with E-state index in [9.17, 15) is 14.4 Å². The summed E-state index contributed by atoms with van der Waals surface area (Å²) < 4.78 is 5.52. The maximum absolute atomic E-state index is 14.4. The van der Waals surface area contributed by atoms with Gasteiger partial charge in [-0.3, -0.25) is 9.59 Å². The van der Waals surface area contributed by atoms with E-state index in [1.54, 1.807) is 25.7 Å². The van der Waals surface area contributed by atoms with Gasteiger partial charge in [0, 0.05) is 19.0 Å². The molecule has 0 saturated carbocycles. The summed E-state index contributed by atoms with van der Waals surface area (Å²) in [4.78, 5) is 42.8. The quantitative estimate of drug-likeness (QED) is 0.263. The number of alkyl carbamates (subject to hydrolysis) is 1. The summed E-state index contributed by atoms with van der Waals surface area (Å²) in [5.74, 6) is -0.528. The second-order valence-corrected chi connectivity index (χ2v) is 11.6. The Balaban J connectivity index is 2.54. The van der Waals surface area contributed by atoms with E-state index in [1.807, 2.05) is 68.4 Å². The molecule has 2 rings (SSSR count). The highest BCUT2D eigenvalue weighted by Gasteiger charge is 2.36. The van der Waals surface area contributed by atoms with Gasteiger partial charge < -0.3 is 20.3 Å². The van der Waals surface area contributed by atoms with E-state index in [0.717, 1.165) is 48.8 Å². The van der Waals surface area contributed by atoms with E-state index >= 15 is 0 Å². The first-order valence-corrected chi connectivity index (χ1v) is 14.7. The fraction of sp³-hybridized carbons (Fsp3) is 0.545. The minimum Gasteiger partial charge on any atom is -0.444 e. The van der Waals surface area contributed by atoms with Crippen molar-refractivity contribution < 1.29 is 19.1 Å². The van der Waals surface area contributed by atoms with E-state index in [-0.39, 0.29) is 24.3 Å². The van der Waals surface area contributed by atoms with Crippen LogP contribution >= 0.6 is 0 Å². The van der Waals surface area contributed by atoms with Crippen LogP contribution in [0.25, 0.3) is 0 Å². The van der Waals surface area contributed by atoms with Gasteiger partial charge in [-0.1, -0.05) is 93.3 Å². The molecule has 40 heavy (non-hydrogen) atoms. The molecule has 7 heteroatoms. The van der Waals surface area contributed by atoms with Gasteiger partial charge in [0.05, 0.1) is 0 Å². The van der Waals surface area contributed by atoms with Crippen molar-refractivity contribution in [1.29, 1.82) is 0 Å². The summed E-state index contributed by atoms with van der Waals surface area (Å²) in [5, 5.41) is 5.96. The third-order valence-corrected chi connectivity index (χ3v) is 6.62. The average Bonchev–Trinajstić information content (AvgIpc) is 2.88. The van der Waals surface area contributed by atoms with Crippen molar-refractivity contribution in [3.8, 4) is 0 Å². The Morgan fingerprint density at radius 1 is 0.900 bits per heavy atom. The number of amides is 3. The van der Waals surface area contributed by atoms with Crippen LogP contribution in [0.1, 0.15) is 96.4 Å². The highest BCUT2D eigenvalue weighted by atomic mass is 16.6. The maximum atomic E-state index is 14.4. The number of nitrogens with zero attached hydrogens (tertiary/aromatic N) is 1. The van der Waals surface area contributed by atoms with Crippen molar-refractivity contribution in [2.75, 3.05) is 6.54 Å². The van der Waals surface area contributed by atoms with Gasteiger partial charge in [-0.15, -0.1) is 0 Å². The molecule has 220 valence electrons. The topological polar surface area (TPSA) is 87.7 Å². The Morgan fingerprint density at radius 3 is 2.12 bits per heavy atom. The summed E-state index contributed by atoms with van der Waals surface area (Å²) in [6.45, 7) is 13.9. The first kappa shape index (κ1) is 32.9.